The Labute approximate surface area is 182 Å². The van der Waals surface area contributed by atoms with Crippen LogP contribution in [0, 0.1) is 10.1 Å². The van der Waals surface area contributed by atoms with Crippen LogP contribution in [0.4, 0.5) is 5.69 Å². The highest BCUT2D eigenvalue weighted by molar-refractivity contribution is 5.44. The molecule has 5 rings (SSSR count). The molecule has 2 fully saturated rings. The van der Waals surface area contributed by atoms with Gasteiger partial charge in [-0.3, -0.25) is 10.1 Å². The van der Waals surface area contributed by atoms with Crippen molar-refractivity contribution in [2.75, 3.05) is 20.0 Å². The minimum Gasteiger partial charge on any atom is -0.454 e. The van der Waals surface area contributed by atoms with E-state index in [1.54, 1.807) is 18.2 Å². The fourth-order valence-corrected chi connectivity index (χ4v) is 3.92. The molecule has 3 aliphatic rings. The molecule has 32 heavy (non-hydrogen) atoms. The third kappa shape index (κ3) is 3.90. The highest BCUT2D eigenvalue weighted by Gasteiger charge is 2.48. The molecule has 0 saturated carbocycles. The second kappa shape index (κ2) is 8.62. The van der Waals surface area contributed by atoms with Gasteiger partial charge in [0.25, 0.3) is 5.69 Å². The van der Waals surface area contributed by atoms with Crippen molar-refractivity contribution in [3.05, 3.63) is 63.7 Å². The minimum absolute atomic E-state index is 0.0646. The Morgan fingerprint density at radius 3 is 2.50 bits per heavy atom. The molecule has 0 spiro atoms. The second-order valence-electron chi connectivity index (χ2n) is 7.58. The van der Waals surface area contributed by atoms with Crippen molar-refractivity contribution < 1.29 is 43.6 Å². The summed E-state index contributed by atoms with van der Waals surface area (Å²) in [5, 5.41) is 30.9. The van der Waals surface area contributed by atoms with E-state index in [1.165, 1.54) is 24.3 Å². The quantitative estimate of drug-likeness (QED) is 0.513. The number of non-ortho nitro benzene ring substituents is 1. The van der Waals surface area contributed by atoms with Crippen LogP contribution in [-0.4, -0.2) is 59.6 Å². The summed E-state index contributed by atoms with van der Waals surface area (Å²) in [6.45, 7) is -0.253. The molecule has 0 aromatic heterocycles. The normalized spacial score (nSPS) is 29.9. The zero-order valence-corrected chi connectivity index (χ0v) is 16.7. The first kappa shape index (κ1) is 21.1. The topological polar surface area (TPSA) is 139 Å². The zero-order valence-electron chi connectivity index (χ0n) is 16.7. The van der Waals surface area contributed by atoms with E-state index in [0.717, 1.165) is 0 Å². The van der Waals surface area contributed by atoms with Gasteiger partial charge in [-0.05, 0) is 30.3 Å². The Bertz CT molecular complexity index is 983. The zero-order chi connectivity index (χ0) is 22.2. The van der Waals surface area contributed by atoms with Gasteiger partial charge in [-0.25, -0.2) is 0 Å². The van der Waals surface area contributed by atoms with Crippen LogP contribution < -0.4 is 9.47 Å². The van der Waals surface area contributed by atoms with Crippen molar-refractivity contribution >= 4 is 5.69 Å². The smallest absolute Gasteiger partial charge is 0.269 e. The first-order valence-corrected chi connectivity index (χ1v) is 10.0. The number of rotatable bonds is 5. The van der Waals surface area contributed by atoms with Crippen LogP contribution in [0.1, 0.15) is 23.7 Å². The van der Waals surface area contributed by atoms with Crippen molar-refractivity contribution in [3.8, 4) is 11.5 Å². The minimum atomic E-state index is -1.23. The maximum absolute atomic E-state index is 10.9. The Kier molecular flexibility index (Phi) is 5.67. The van der Waals surface area contributed by atoms with Gasteiger partial charge in [0.05, 0.1) is 18.1 Å². The lowest BCUT2D eigenvalue weighted by Crippen LogP contribution is -2.58. The monoisotopic (exact) mass is 447 g/mol. The SMILES string of the molecule is O=[N+]([O-])c1ccc(C2OC3COC(c4ccc5c(c4)OCO5)OC3C(C(O)CO)O2)cc1. The van der Waals surface area contributed by atoms with Crippen LogP contribution in [-0.2, 0) is 18.9 Å². The molecule has 0 aliphatic carbocycles. The van der Waals surface area contributed by atoms with Crippen LogP contribution in [0.25, 0.3) is 0 Å². The standard InChI is InChI=1S/C21H21NO10/c23-8-14(24)18-19-17(30-21(31-18)11-1-4-13(5-2-11)22(25)26)9-27-20(32-19)12-3-6-15-16(7-12)29-10-28-15/h1-7,14,17-21,23-24H,8-10H2. The Balaban J connectivity index is 1.35. The van der Waals surface area contributed by atoms with E-state index in [0.29, 0.717) is 22.6 Å². The van der Waals surface area contributed by atoms with Crippen molar-refractivity contribution in [3.63, 3.8) is 0 Å². The summed E-state index contributed by atoms with van der Waals surface area (Å²) in [5.74, 6) is 1.21. The van der Waals surface area contributed by atoms with Gasteiger partial charge < -0.3 is 38.6 Å². The van der Waals surface area contributed by atoms with Gasteiger partial charge in [0, 0.05) is 23.3 Å². The fourth-order valence-electron chi connectivity index (χ4n) is 3.92. The number of aliphatic hydroxyl groups is 2. The van der Waals surface area contributed by atoms with Gasteiger partial charge in [-0.15, -0.1) is 0 Å². The summed E-state index contributed by atoms with van der Waals surface area (Å²) in [7, 11) is 0. The van der Waals surface area contributed by atoms with E-state index < -0.39 is 48.5 Å². The van der Waals surface area contributed by atoms with Crippen molar-refractivity contribution in [1.82, 2.24) is 0 Å². The Morgan fingerprint density at radius 2 is 1.75 bits per heavy atom. The predicted octanol–water partition coefficient (Wildman–Crippen LogP) is 1.57. The number of fused-ring (bicyclic) bond motifs is 2. The number of benzene rings is 2. The summed E-state index contributed by atoms with van der Waals surface area (Å²) in [5.41, 5.74) is 1.16. The molecule has 0 amide bonds. The van der Waals surface area contributed by atoms with E-state index >= 15 is 0 Å². The maximum Gasteiger partial charge on any atom is 0.269 e. The molecule has 0 radical (unpaired) electrons. The molecule has 0 bridgehead atoms. The summed E-state index contributed by atoms with van der Waals surface area (Å²) in [6, 6.07) is 11.0. The molecule has 170 valence electrons. The number of ether oxygens (including phenoxy) is 6. The first-order chi connectivity index (χ1) is 15.5. The largest absolute Gasteiger partial charge is 0.454 e. The van der Waals surface area contributed by atoms with Crippen LogP contribution >= 0.6 is 0 Å². The Morgan fingerprint density at radius 1 is 1.00 bits per heavy atom. The van der Waals surface area contributed by atoms with Gasteiger partial charge in [0.2, 0.25) is 6.79 Å². The van der Waals surface area contributed by atoms with Crippen molar-refractivity contribution in [2.24, 2.45) is 0 Å². The average Bonchev–Trinajstić information content (AvgIpc) is 3.30. The first-order valence-electron chi connectivity index (χ1n) is 10.0. The molecule has 2 saturated heterocycles. The van der Waals surface area contributed by atoms with E-state index in [-0.39, 0.29) is 19.1 Å². The van der Waals surface area contributed by atoms with Crippen LogP contribution in [0.15, 0.2) is 42.5 Å². The van der Waals surface area contributed by atoms with Gasteiger partial charge >= 0.3 is 0 Å². The number of nitro groups is 1. The molecule has 11 nitrogen and oxygen atoms in total. The molecule has 3 heterocycles. The van der Waals surface area contributed by atoms with Gasteiger partial charge in [0.15, 0.2) is 24.1 Å². The van der Waals surface area contributed by atoms with Crippen molar-refractivity contribution in [1.29, 1.82) is 0 Å². The maximum atomic E-state index is 10.9. The molecule has 2 aromatic carbocycles. The van der Waals surface area contributed by atoms with E-state index in [1.807, 2.05) is 0 Å². The summed E-state index contributed by atoms with van der Waals surface area (Å²) in [6.07, 6.45) is -5.15. The lowest BCUT2D eigenvalue weighted by molar-refractivity contribution is -0.385. The van der Waals surface area contributed by atoms with Crippen LogP contribution in [0.5, 0.6) is 11.5 Å². The number of hydrogen-bond acceptors (Lipinski definition) is 10. The van der Waals surface area contributed by atoms with Crippen molar-refractivity contribution in [2.45, 2.75) is 37.0 Å². The molecule has 11 heteroatoms. The molecule has 6 atom stereocenters. The predicted molar refractivity (Wildman–Crippen MR) is 105 cm³/mol. The fraction of sp³-hybridized carbons (Fsp3) is 0.429. The van der Waals surface area contributed by atoms with E-state index in [2.05, 4.69) is 0 Å². The molecular weight excluding hydrogens is 426 g/mol. The van der Waals surface area contributed by atoms with Gasteiger partial charge in [-0.1, -0.05) is 0 Å². The lowest BCUT2D eigenvalue weighted by atomic mass is 9.99. The number of hydrogen-bond donors (Lipinski definition) is 2. The van der Waals surface area contributed by atoms with Crippen LogP contribution in [0.3, 0.4) is 0 Å². The third-order valence-electron chi connectivity index (χ3n) is 5.57. The molecule has 6 unspecified atom stereocenters. The molecule has 3 aliphatic heterocycles. The Hall–Kier alpha value is -2.80. The number of nitrogens with zero attached hydrogens (tertiary/aromatic N) is 1. The van der Waals surface area contributed by atoms with Gasteiger partial charge in [0.1, 0.15) is 24.4 Å². The highest BCUT2D eigenvalue weighted by atomic mass is 16.8. The molecule has 2 aromatic rings. The van der Waals surface area contributed by atoms with E-state index in [4.69, 9.17) is 28.4 Å². The number of aliphatic hydroxyl groups excluding tert-OH is 2. The molecular formula is C21H21NO10. The summed E-state index contributed by atoms with van der Waals surface area (Å²) < 4.78 is 34.6. The van der Waals surface area contributed by atoms with Gasteiger partial charge in [-0.2, -0.15) is 0 Å². The lowest BCUT2D eigenvalue weighted by Gasteiger charge is -2.47. The van der Waals surface area contributed by atoms with E-state index in [9.17, 15) is 20.3 Å². The number of nitro benzene ring substituents is 1. The third-order valence-corrected chi connectivity index (χ3v) is 5.57. The molecule has 2 N–H and O–H groups in total. The van der Waals surface area contributed by atoms with Crippen LogP contribution in [0.2, 0.25) is 0 Å². The average molecular weight is 447 g/mol. The highest BCUT2D eigenvalue weighted by Crippen LogP contribution is 2.41. The summed E-state index contributed by atoms with van der Waals surface area (Å²) in [4.78, 5) is 10.4. The second-order valence-corrected chi connectivity index (χ2v) is 7.58. The summed E-state index contributed by atoms with van der Waals surface area (Å²) >= 11 is 0.